The van der Waals surface area contributed by atoms with E-state index in [0.717, 1.165) is 4.31 Å². The van der Waals surface area contributed by atoms with Crippen molar-refractivity contribution >= 4 is 32.9 Å². The van der Waals surface area contributed by atoms with Crippen molar-refractivity contribution in [3.8, 4) is 0 Å². The topological polar surface area (TPSA) is 97.8 Å². The van der Waals surface area contributed by atoms with Gasteiger partial charge < -0.3 is 4.74 Å². The van der Waals surface area contributed by atoms with Crippen molar-refractivity contribution in [3.05, 3.63) is 83.6 Å². The molecule has 0 amide bonds. The number of sulfonamides is 1. The molecule has 33 heavy (non-hydrogen) atoms. The van der Waals surface area contributed by atoms with Gasteiger partial charge in [-0.2, -0.15) is 0 Å². The van der Waals surface area contributed by atoms with Crippen LogP contribution >= 0.6 is 0 Å². The summed E-state index contributed by atoms with van der Waals surface area (Å²) in [7, 11) is -2.70. The number of hydrogen-bond acceptors (Lipinski definition) is 6. The van der Waals surface area contributed by atoms with Gasteiger partial charge in [-0.25, -0.2) is 8.42 Å². The van der Waals surface area contributed by atoms with E-state index in [1.807, 2.05) is 6.07 Å². The van der Waals surface area contributed by atoms with E-state index in [1.165, 1.54) is 25.4 Å². The first-order chi connectivity index (χ1) is 15.8. The number of Topliss-reactive ketones (excluding diaryl/α,β-unsaturated/α-hetero) is 3. The Morgan fingerprint density at radius 1 is 0.939 bits per heavy atom. The monoisotopic (exact) mass is 463 g/mol. The van der Waals surface area contributed by atoms with Gasteiger partial charge in [0.2, 0.25) is 11.6 Å². The molecule has 0 N–H and O–H groups in total. The molecule has 0 aromatic heterocycles. The van der Waals surface area contributed by atoms with Crippen molar-refractivity contribution in [2.24, 2.45) is 5.92 Å². The standard InChI is InChI=1S/C25H21NO6S/c1-32-20-13-16(27)12-18-21(20)24(28)25(29)22-19(15-8-4-2-5-9-15)14-26(23(18)22)33(30,31)17-10-6-3-7-11-17/h2-11,14,20,22-23H,12-13H2,1H3. The summed E-state index contributed by atoms with van der Waals surface area (Å²) in [6.07, 6.45) is 0.470. The number of nitrogens with zero attached hydrogens (tertiary/aromatic N) is 1. The van der Waals surface area contributed by atoms with Crippen LogP contribution in [0.2, 0.25) is 0 Å². The van der Waals surface area contributed by atoms with Crippen LogP contribution < -0.4 is 0 Å². The third kappa shape index (κ3) is 3.29. The summed E-state index contributed by atoms with van der Waals surface area (Å²) in [6.45, 7) is 0. The van der Waals surface area contributed by atoms with Gasteiger partial charge in [-0.05, 0) is 28.8 Å². The number of carbonyl (C=O) groups is 3. The molecule has 3 aliphatic rings. The van der Waals surface area contributed by atoms with Crippen LogP contribution in [-0.2, 0) is 29.1 Å². The third-order valence-electron chi connectivity index (χ3n) is 6.48. The highest BCUT2D eigenvalue weighted by Crippen LogP contribution is 2.48. The Morgan fingerprint density at radius 3 is 2.21 bits per heavy atom. The zero-order chi connectivity index (χ0) is 23.3. The van der Waals surface area contributed by atoms with E-state index in [9.17, 15) is 22.8 Å². The first-order valence-electron chi connectivity index (χ1n) is 10.6. The average molecular weight is 464 g/mol. The SMILES string of the molecule is COC1CC(=O)CC2=C1C(=O)C(=O)C1C(c3ccccc3)=CN(S(=O)(=O)c3ccccc3)C21. The van der Waals surface area contributed by atoms with Gasteiger partial charge in [-0.15, -0.1) is 0 Å². The predicted molar refractivity (Wildman–Crippen MR) is 119 cm³/mol. The molecule has 3 unspecified atom stereocenters. The smallest absolute Gasteiger partial charge is 0.264 e. The minimum Gasteiger partial charge on any atom is -0.376 e. The Hall–Kier alpha value is -3.36. The molecule has 0 saturated carbocycles. The number of hydrogen-bond donors (Lipinski definition) is 0. The molecule has 0 spiro atoms. The highest BCUT2D eigenvalue weighted by atomic mass is 32.2. The van der Waals surface area contributed by atoms with Crippen molar-refractivity contribution in [3.63, 3.8) is 0 Å². The first kappa shape index (κ1) is 21.5. The van der Waals surface area contributed by atoms with Crippen molar-refractivity contribution in [2.45, 2.75) is 29.9 Å². The zero-order valence-corrected chi connectivity index (χ0v) is 18.6. The summed E-state index contributed by atoms with van der Waals surface area (Å²) < 4.78 is 33.9. The maximum atomic E-state index is 13.7. The van der Waals surface area contributed by atoms with Crippen LogP contribution in [-0.4, -0.2) is 49.3 Å². The molecule has 8 heteroatoms. The molecular formula is C25H21NO6S. The average Bonchev–Trinajstić information content (AvgIpc) is 3.25. The number of ketones is 3. The molecule has 0 bridgehead atoms. The fraction of sp³-hybridized carbons (Fsp3) is 0.240. The van der Waals surface area contributed by atoms with Gasteiger partial charge in [0, 0.05) is 31.7 Å². The molecule has 7 nitrogen and oxygen atoms in total. The summed E-state index contributed by atoms with van der Waals surface area (Å²) >= 11 is 0. The van der Waals surface area contributed by atoms with Crippen LogP contribution in [0.4, 0.5) is 0 Å². The molecular weight excluding hydrogens is 442 g/mol. The predicted octanol–water partition coefficient (Wildman–Crippen LogP) is 2.54. The van der Waals surface area contributed by atoms with Gasteiger partial charge >= 0.3 is 0 Å². The molecule has 2 aromatic rings. The number of benzene rings is 2. The number of methoxy groups -OCH3 is 1. The molecule has 2 aliphatic carbocycles. The quantitative estimate of drug-likeness (QED) is 0.647. The van der Waals surface area contributed by atoms with Crippen LogP contribution in [0.25, 0.3) is 5.57 Å². The highest BCUT2D eigenvalue weighted by Gasteiger charge is 2.55. The highest BCUT2D eigenvalue weighted by molar-refractivity contribution is 7.89. The van der Waals surface area contributed by atoms with E-state index in [1.54, 1.807) is 42.5 Å². The Balaban J connectivity index is 1.75. The largest absolute Gasteiger partial charge is 0.376 e. The van der Waals surface area contributed by atoms with Crippen molar-refractivity contribution in [2.75, 3.05) is 7.11 Å². The lowest BCUT2D eigenvalue weighted by Crippen LogP contribution is -2.51. The third-order valence-corrected chi connectivity index (χ3v) is 8.23. The Bertz CT molecular complexity index is 1330. The zero-order valence-electron chi connectivity index (χ0n) is 17.8. The number of fused-ring (bicyclic) bond motifs is 2. The van der Waals surface area contributed by atoms with Crippen LogP contribution in [0.15, 0.2) is 82.9 Å². The maximum absolute atomic E-state index is 13.7. The van der Waals surface area contributed by atoms with E-state index in [0.29, 0.717) is 16.7 Å². The fourth-order valence-electron chi connectivity index (χ4n) is 5.00. The second-order valence-corrected chi connectivity index (χ2v) is 10.1. The van der Waals surface area contributed by atoms with E-state index in [2.05, 4.69) is 0 Å². The molecule has 0 radical (unpaired) electrons. The van der Waals surface area contributed by atoms with Crippen molar-refractivity contribution < 1.29 is 27.5 Å². The molecule has 3 atom stereocenters. The molecule has 1 heterocycles. The Kier molecular flexibility index (Phi) is 5.14. The molecule has 2 aromatic carbocycles. The molecule has 5 rings (SSSR count). The number of carbonyl (C=O) groups excluding carboxylic acids is 3. The van der Waals surface area contributed by atoms with Crippen molar-refractivity contribution in [1.29, 1.82) is 0 Å². The summed E-state index contributed by atoms with van der Waals surface area (Å²) in [6, 6.07) is 15.8. The minimum atomic E-state index is -4.08. The van der Waals surface area contributed by atoms with Gasteiger partial charge in [-0.1, -0.05) is 48.5 Å². The summed E-state index contributed by atoms with van der Waals surface area (Å²) in [5.74, 6) is -2.57. The fourth-order valence-corrected chi connectivity index (χ4v) is 6.54. The summed E-state index contributed by atoms with van der Waals surface area (Å²) in [4.78, 5) is 39.2. The lowest BCUT2D eigenvalue weighted by Gasteiger charge is -2.39. The Labute approximate surface area is 191 Å². The lowest BCUT2D eigenvalue weighted by molar-refractivity contribution is -0.138. The van der Waals surface area contributed by atoms with Gasteiger partial charge in [0.15, 0.2) is 0 Å². The minimum absolute atomic E-state index is 0.0177. The Morgan fingerprint density at radius 2 is 1.58 bits per heavy atom. The summed E-state index contributed by atoms with van der Waals surface area (Å²) in [5, 5.41) is 0. The van der Waals surface area contributed by atoms with E-state index in [-0.39, 0.29) is 29.1 Å². The maximum Gasteiger partial charge on any atom is 0.264 e. The second kappa shape index (κ2) is 7.90. The molecule has 0 fully saturated rings. The van der Waals surface area contributed by atoms with Gasteiger partial charge in [0.25, 0.3) is 10.0 Å². The van der Waals surface area contributed by atoms with E-state index < -0.39 is 39.7 Å². The van der Waals surface area contributed by atoms with Crippen LogP contribution in [0, 0.1) is 5.92 Å². The number of ether oxygens (including phenoxy) is 1. The van der Waals surface area contributed by atoms with Crippen molar-refractivity contribution in [1.82, 2.24) is 4.31 Å². The van der Waals surface area contributed by atoms with Gasteiger partial charge in [0.1, 0.15) is 5.78 Å². The lowest BCUT2D eigenvalue weighted by atomic mass is 9.70. The van der Waals surface area contributed by atoms with Crippen LogP contribution in [0.1, 0.15) is 18.4 Å². The molecule has 168 valence electrons. The molecule has 0 saturated heterocycles. The van der Waals surface area contributed by atoms with E-state index in [4.69, 9.17) is 4.74 Å². The van der Waals surface area contributed by atoms with Gasteiger partial charge in [-0.3, -0.25) is 18.7 Å². The first-order valence-corrected chi connectivity index (χ1v) is 12.0. The second-order valence-electron chi connectivity index (χ2n) is 8.30. The molecule has 1 aliphatic heterocycles. The number of rotatable bonds is 4. The van der Waals surface area contributed by atoms with Crippen LogP contribution in [0.3, 0.4) is 0 Å². The summed E-state index contributed by atoms with van der Waals surface area (Å²) in [5.41, 5.74) is 1.57. The van der Waals surface area contributed by atoms with E-state index >= 15 is 0 Å². The normalized spacial score (nSPS) is 25.1. The van der Waals surface area contributed by atoms with Crippen LogP contribution in [0.5, 0.6) is 0 Å². The van der Waals surface area contributed by atoms with Gasteiger partial charge in [0.05, 0.1) is 23.0 Å².